The molecule has 6 nitrogen and oxygen atoms in total. The molecule has 1 heterocycles. The smallest absolute Gasteiger partial charge is 0.360 e. The van der Waals surface area contributed by atoms with Gasteiger partial charge < -0.3 is 15.7 Å². The van der Waals surface area contributed by atoms with Gasteiger partial charge in [0.1, 0.15) is 11.8 Å². The van der Waals surface area contributed by atoms with Crippen LogP contribution in [0.3, 0.4) is 0 Å². The highest BCUT2D eigenvalue weighted by molar-refractivity contribution is 7.13. The second kappa shape index (κ2) is 6.64. The molecule has 0 spiro atoms. The van der Waals surface area contributed by atoms with E-state index in [2.05, 4.69) is 30.9 Å². The van der Waals surface area contributed by atoms with E-state index in [0.717, 1.165) is 25.7 Å². The maximum absolute atomic E-state index is 11.3. The van der Waals surface area contributed by atoms with E-state index in [4.69, 9.17) is 10.6 Å². The van der Waals surface area contributed by atoms with Crippen molar-refractivity contribution in [3.05, 3.63) is 11.1 Å². The van der Waals surface area contributed by atoms with Crippen molar-refractivity contribution in [2.45, 2.75) is 52.6 Å². The lowest BCUT2D eigenvalue weighted by atomic mass is 9.72. The summed E-state index contributed by atoms with van der Waals surface area (Å²) in [5, 5.41) is 14.9. The third-order valence-corrected chi connectivity index (χ3v) is 4.83. The minimum absolute atomic E-state index is 0.0241. The van der Waals surface area contributed by atoms with Crippen LogP contribution in [0.2, 0.25) is 0 Å². The summed E-state index contributed by atoms with van der Waals surface area (Å²) in [6.45, 7) is 6.77. The Kier molecular flexibility index (Phi) is 5.05. The lowest BCUT2D eigenvalue weighted by molar-refractivity contribution is -0.129. The van der Waals surface area contributed by atoms with Gasteiger partial charge in [-0.1, -0.05) is 25.9 Å². The van der Waals surface area contributed by atoms with Crippen LogP contribution >= 0.6 is 11.3 Å². The molecule has 0 radical (unpaired) electrons. The molecule has 2 rings (SSSR count). The standard InChI is InChI=1S/C15H23N3O3S/c1-15(2,3)9-4-6-10(7-5-9)21-18-12(13(19)20)11-8-22-14(16)17-11/h8-10H,4-7H2,1-3H3,(H2,16,17)(H,19,20)/b18-12-. The summed E-state index contributed by atoms with van der Waals surface area (Å²) in [7, 11) is 0. The van der Waals surface area contributed by atoms with Gasteiger partial charge in [0.25, 0.3) is 0 Å². The minimum atomic E-state index is -1.16. The third kappa shape index (κ3) is 4.19. The molecule has 122 valence electrons. The molecule has 3 N–H and O–H groups in total. The van der Waals surface area contributed by atoms with Crippen LogP contribution in [-0.4, -0.2) is 27.9 Å². The molecular formula is C15H23N3O3S. The van der Waals surface area contributed by atoms with Crippen LogP contribution < -0.4 is 5.73 Å². The van der Waals surface area contributed by atoms with E-state index >= 15 is 0 Å². The fourth-order valence-corrected chi connectivity index (χ4v) is 3.30. The molecule has 0 aromatic carbocycles. The van der Waals surface area contributed by atoms with Crippen LogP contribution in [0.4, 0.5) is 5.13 Å². The van der Waals surface area contributed by atoms with Crippen LogP contribution in [0.15, 0.2) is 10.5 Å². The Morgan fingerprint density at radius 3 is 2.50 bits per heavy atom. The summed E-state index contributed by atoms with van der Waals surface area (Å²) in [4.78, 5) is 20.7. The van der Waals surface area contributed by atoms with Gasteiger partial charge in [-0.15, -0.1) is 11.3 Å². The first-order valence-electron chi connectivity index (χ1n) is 7.46. The zero-order chi connectivity index (χ0) is 16.3. The maximum Gasteiger partial charge on any atom is 0.360 e. The fourth-order valence-electron chi connectivity index (χ4n) is 2.75. The van der Waals surface area contributed by atoms with Crippen LogP contribution in [-0.2, 0) is 9.63 Å². The largest absolute Gasteiger partial charge is 0.476 e. The normalized spacial score (nSPS) is 23.3. The Labute approximate surface area is 134 Å². The van der Waals surface area contributed by atoms with Crippen molar-refractivity contribution in [2.24, 2.45) is 16.5 Å². The van der Waals surface area contributed by atoms with Crippen molar-refractivity contribution >= 4 is 28.1 Å². The quantitative estimate of drug-likeness (QED) is 0.654. The number of nitrogens with zero attached hydrogens (tertiary/aromatic N) is 2. The number of rotatable bonds is 4. The molecular weight excluding hydrogens is 302 g/mol. The molecule has 1 aliphatic rings. The predicted molar refractivity (Wildman–Crippen MR) is 87.0 cm³/mol. The molecule has 0 aliphatic heterocycles. The Bertz CT molecular complexity index is 555. The molecule has 1 fully saturated rings. The van der Waals surface area contributed by atoms with Gasteiger partial charge in [0.15, 0.2) is 5.13 Å². The number of nitrogen functional groups attached to an aromatic ring is 1. The van der Waals surface area contributed by atoms with Gasteiger partial charge in [0.2, 0.25) is 5.71 Å². The summed E-state index contributed by atoms with van der Waals surface area (Å²) >= 11 is 1.18. The monoisotopic (exact) mass is 325 g/mol. The lowest BCUT2D eigenvalue weighted by Crippen LogP contribution is -2.29. The highest BCUT2D eigenvalue weighted by Gasteiger charge is 2.30. The number of carboxylic acids is 1. The highest BCUT2D eigenvalue weighted by Crippen LogP contribution is 2.38. The molecule has 7 heteroatoms. The zero-order valence-electron chi connectivity index (χ0n) is 13.2. The average Bonchev–Trinajstić information content (AvgIpc) is 2.84. The number of oxime groups is 1. The Balaban J connectivity index is 1.97. The zero-order valence-corrected chi connectivity index (χ0v) is 14.0. The highest BCUT2D eigenvalue weighted by atomic mass is 32.1. The number of anilines is 1. The first-order valence-corrected chi connectivity index (χ1v) is 8.34. The van der Waals surface area contributed by atoms with Crippen molar-refractivity contribution in [3.8, 4) is 0 Å². The van der Waals surface area contributed by atoms with Crippen molar-refractivity contribution < 1.29 is 14.7 Å². The molecule has 1 saturated carbocycles. The first-order chi connectivity index (χ1) is 10.3. The summed E-state index contributed by atoms with van der Waals surface area (Å²) in [5.41, 5.74) is 5.89. The number of thiazole rings is 1. The van der Waals surface area contributed by atoms with Crippen LogP contribution in [0.25, 0.3) is 0 Å². The van der Waals surface area contributed by atoms with Crippen molar-refractivity contribution in [1.29, 1.82) is 0 Å². The third-order valence-electron chi connectivity index (χ3n) is 4.16. The van der Waals surface area contributed by atoms with Gasteiger partial charge in [0, 0.05) is 5.38 Å². The minimum Gasteiger partial charge on any atom is -0.476 e. The van der Waals surface area contributed by atoms with Crippen molar-refractivity contribution in [2.75, 3.05) is 5.73 Å². The SMILES string of the molecule is CC(C)(C)C1CCC(O/N=C(\C(=O)O)c2csc(N)n2)CC1. The average molecular weight is 325 g/mol. The van der Waals surface area contributed by atoms with E-state index in [0.29, 0.717) is 16.5 Å². The van der Waals surface area contributed by atoms with Gasteiger partial charge in [-0.3, -0.25) is 0 Å². The van der Waals surface area contributed by atoms with E-state index in [9.17, 15) is 9.90 Å². The number of carboxylic acid groups (broad SMARTS) is 1. The second-order valence-electron chi connectivity index (χ2n) is 6.76. The number of hydrogen-bond acceptors (Lipinski definition) is 6. The van der Waals surface area contributed by atoms with Crippen LogP contribution in [0.5, 0.6) is 0 Å². The lowest BCUT2D eigenvalue weighted by Gasteiger charge is -2.36. The number of hydrogen-bond donors (Lipinski definition) is 2. The Morgan fingerprint density at radius 1 is 1.41 bits per heavy atom. The number of nitrogens with two attached hydrogens (primary N) is 1. The molecule has 0 unspecified atom stereocenters. The van der Waals surface area contributed by atoms with E-state index < -0.39 is 5.97 Å². The molecule has 22 heavy (non-hydrogen) atoms. The van der Waals surface area contributed by atoms with Gasteiger partial charge in [-0.05, 0) is 37.0 Å². The number of carbonyl (C=O) groups is 1. The molecule has 1 aromatic heterocycles. The summed E-state index contributed by atoms with van der Waals surface area (Å²) in [6.07, 6.45) is 3.93. The maximum atomic E-state index is 11.3. The Hall–Kier alpha value is -1.63. The van der Waals surface area contributed by atoms with E-state index in [-0.39, 0.29) is 17.5 Å². The summed E-state index contributed by atoms with van der Waals surface area (Å²) < 4.78 is 0. The van der Waals surface area contributed by atoms with Crippen LogP contribution in [0, 0.1) is 11.3 Å². The summed E-state index contributed by atoms with van der Waals surface area (Å²) in [5.74, 6) is -0.484. The Morgan fingerprint density at radius 2 is 2.05 bits per heavy atom. The first kappa shape index (κ1) is 16.7. The van der Waals surface area contributed by atoms with Gasteiger partial charge in [-0.2, -0.15) is 0 Å². The van der Waals surface area contributed by atoms with E-state index in [1.165, 1.54) is 11.3 Å². The molecule has 0 bridgehead atoms. The van der Waals surface area contributed by atoms with Gasteiger partial charge in [-0.25, -0.2) is 9.78 Å². The second-order valence-corrected chi connectivity index (χ2v) is 7.65. The van der Waals surface area contributed by atoms with Gasteiger partial charge in [0.05, 0.1) is 0 Å². The molecule has 0 amide bonds. The topological polar surface area (TPSA) is 97.8 Å². The van der Waals surface area contributed by atoms with Crippen molar-refractivity contribution in [1.82, 2.24) is 4.98 Å². The van der Waals surface area contributed by atoms with Crippen LogP contribution in [0.1, 0.15) is 52.1 Å². The van der Waals surface area contributed by atoms with E-state index in [1.54, 1.807) is 5.38 Å². The number of aliphatic carboxylic acids is 1. The molecule has 1 aliphatic carbocycles. The fraction of sp³-hybridized carbons (Fsp3) is 0.667. The van der Waals surface area contributed by atoms with E-state index in [1.807, 2.05) is 0 Å². The van der Waals surface area contributed by atoms with Crippen molar-refractivity contribution in [3.63, 3.8) is 0 Å². The number of aromatic nitrogens is 1. The predicted octanol–water partition coefficient (Wildman–Crippen LogP) is 3.14. The molecule has 0 saturated heterocycles. The molecule has 1 aromatic rings. The van der Waals surface area contributed by atoms with Gasteiger partial charge >= 0.3 is 5.97 Å². The summed E-state index contributed by atoms with van der Waals surface area (Å²) in [6, 6.07) is 0. The molecule has 0 atom stereocenters.